The van der Waals surface area contributed by atoms with Crippen molar-refractivity contribution in [3.05, 3.63) is 17.0 Å². The summed E-state index contributed by atoms with van der Waals surface area (Å²) in [6, 6.07) is 2.43. The molecule has 0 amide bonds. The van der Waals surface area contributed by atoms with Crippen molar-refractivity contribution in [2.75, 3.05) is 5.32 Å². The van der Waals surface area contributed by atoms with Gasteiger partial charge in [-0.25, -0.2) is 9.97 Å². The van der Waals surface area contributed by atoms with Crippen molar-refractivity contribution in [2.24, 2.45) is 5.92 Å². The molecule has 0 bridgehead atoms. The summed E-state index contributed by atoms with van der Waals surface area (Å²) < 4.78 is 0.832. The minimum atomic E-state index is 0.509. The summed E-state index contributed by atoms with van der Waals surface area (Å²) in [7, 11) is 0. The van der Waals surface area contributed by atoms with Crippen molar-refractivity contribution in [2.45, 2.75) is 38.6 Å². The molecule has 0 aliphatic heterocycles. The van der Waals surface area contributed by atoms with Crippen LogP contribution in [0.25, 0.3) is 0 Å². The first-order valence-corrected chi connectivity index (χ1v) is 6.29. The first-order valence-electron chi connectivity index (χ1n) is 5.50. The predicted molar refractivity (Wildman–Crippen MR) is 64.8 cm³/mol. The summed E-state index contributed by atoms with van der Waals surface area (Å²) in [6.45, 7) is 2.24. The lowest BCUT2D eigenvalue weighted by molar-refractivity contribution is 0.481. The van der Waals surface area contributed by atoms with E-state index in [0.717, 1.165) is 16.3 Å². The first kappa shape index (κ1) is 10.9. The largest absolute Gasteiger partial charge is 0.367 e. The zero-order valence-electron chi connectivity index (χ0n) is 8.91. The van der Waals surface area contributed by atoms with Gasteiger partial charge >= 0.3 is 0 Å². The van der Waals surface area contributed by atoms with Gasteiger partial charge in [-0.05, 0) is 41.6 Å². The minimum Gasteiger partial charge on any atom is -0.367 e. The number of aromatic nitrogens is 2. The Balaban J connectivity index is 1.95. The van der Waals surface area contributed by atoms with E-state index >= 15 is 0 Å². The maximum Gasteiger partial charge on any atom is 0.130 e. The van der Waals surface area contributed by atoms with Crippen LogP contribution >= 0.6 is 15.9 Å². The van der Waals surface area contributed by atoms with Crippen LogP contribution in [-0.4, -0.2) is 16.0 Å². The van der Waals surface area contributed by atoms with Crippen molar-refractivity contribution in [3.63, 3.8) is 0 Å². The van der Waals surface area contributed by atoms with E-state index in [2.05, 4.69) is 38.1 Å². The summed E-state index contributed by atoms with van der Waals surface area (Å²) >= 11 is 3.34. The van der Waals surface area contributed by atoms with Crippen LogP contribution in [0.2, 0.25) is 0 Å². The third kappa shape index (κ3) is 2.91. The second kappa shape index (κ2) is 4.92. The molecular weight excluding hydrogens is 254 g/mol. The second-order valence-corrected chi connectivity index (χ2v) is 5.02. The Bertz CT molecular complexity index is 323. The van der Waals surface area contributed by atoms with Gasteiger partial charge in [-0.3, -0.25) is 0 Å². The molecule has 3 nitrogen and oxygen atoms in total. The molecule has 1 unspecified atom stereocenters. The molecule has 0 spiro atoms. The Kier molecular flexibility index (Phi) is 3.57. The van der Waals surface area contributed by atoms with Crippen LogP contribution in [0.5, 0.6) is 0 Å². The highest BCUT2D eigenvalue weighted by atomic mass is 79.9. The standard InChI is InChI=1S/C11H16BrN3/c1-8(9-4-2-3-5-9)15-11-6-10(12)13-7-14-11/h6-9H,2-5H2,1H3,(H,13,14,15). The highest BCUT2D eigenvalue weighted by Gasteiger charge is 2.21. The van der Waals surface area contributed by atoms with E-state index in [1.807, 2.05) is 6.07 Å². The van der Waals surface area contributed by atoms with Gasteiger partial charge in [0.15, 0.2) is 0 Å². The number of anilines is 1. The lowest BCUT2D eigenvalue weighted by atomic mass is 10.00. The molecule has 1 heterocycles. The van der Waals surface area contributed by atoms with Crippen LogP contribution < -0.4 is 5.32 Å². The maximum atomic E-state index is 4.20. The molecule has 1 fully saturated rings. The van der Waals surface area contributed by atoms with Gasteiger partial charge in [0.1, 0.15) is 16.7 Å². The van der Waals surface area contributed by atoms with Crippen molar-refractivity contribution in [3.8, 4) is 0 Å². The van der Waals surface area contributed by atoms with E-state index in [9.17, 15) is 0 Å². The van der Waals surface area contributed by atoms with Crippen LogP contribution in [0.3, 0.4) is 0 Å². The van der Waals surface area contributed by atoms with Gasteiger partial charge in [-0.15, -0.1) is 0 Å². The topological polar surface area (TPSA) is 37.8 Å². The summed E-state index contributed by atoms with van der Waals surface area (Å²) in [4.78, 5) is 8.21. The van der Waals surface area contributed by atoms with Crippen LogP contribution in [-0.2, 0) is 0 Å². The van der Waals surface area contributed by atoms with Crippen LogP contribution in [0.1, 0.15) is 32.6 Å². The number of nitrogens with one attached hydrogen (secondary N) is 1. The van der Waals surface area contributed by atoms with E-state index < -0.39 is 0 Å². The van der Waals surface area contributed by atoms with Crippen molar-refractivity contribution < 1.29 is 0 Å². The van der Waals surface area contributed by atoms with E-state index in [1.165, 1.54) is 25.7 Å². The van der Waals surface area contributed by atoms with Crippen molar-refractivity contribution in [1.29, 1.82) is 0 Å². The average Bonchev–Trinajstić information content (AvgIpc) is 2.70. The molecule has 0 radical (unpaired) electrons. The van der Waals surface area contributed by atoms with Crippen molar-refractivity contribution in [1.82, 2.24) is 9.97 Å². The van der Waals surface area contributed by atoms with Crippen LogP contribution in [0.4, 0.5) is 5.82 Å². The summed E-state index contributed by atoms with van der Waals surface area (Å²) in [6.07, 6.45) is 7.03. The fraction of sp³-hybridized carbons (Fsp3) is 0.636. The molecule has 82 valence electrons. The second-order valence-electron chi connectivity index (χ2n) is 4.20. The van der Waals surface area contributed by atoms with Crippen LogP contribution in [0, 0.1) is 5.92 Å². The first-order chi connectivity index (χ1) is 7.25. The molecule has 1 aliphatic carbocycles. The molecule has 2 rings (SSSR count). The minimum absolute atomic E-state index is 0.509. The van der Waals surface area contributed by atoms with Gasteiger partial charge in [0.25, 0.3) is 0 Å². The Morgan fingerprint density at radius 2 is 2.13 bits per heavy atom. The molecular formula is C11H16BrN3. The Hall–Kier alpha value is -0.640. The van der Waals surface area contributed by atoms with Gasteiger partial charge in [-0.2, -0.15) is 0 Å². The number of hydrogen-bond donors (Lipinski definition) is 1. The van der Waals surface area contributed by atoms with E-state index in [0.29, 0.717) is 6.04 Å². The van der Waals surface area contributed by atoms with Crippen molar-refractivity contribution >= 4 is 21.7 Å². The smallest absolute Gasteiger partial charge is 0.130 e. The molecule has 0 aromatic carbocycles. The van der Waals surface area contributed by atoms with Gasteiger partial charge < -0.3 is 5.32 Å². The number of hydrogen-bond acceptors (Lipinski definition) is 3. The summed E-state index contributed by atoms with van der Waals surface area (Å²) in [5.41, 5.74) is 0. The van der Waals surface area contributed by atoms with Gasteiger partial charge in [0.05, 0.1) is 0 Å². The average molecular weight is 270 g/mol. The lowest BCUT2D eigenvalue weighted by Crippen LogP contribution is -2.24. The molecule has 1 aliphatic rings. The summed E-state index contributed by atoms with van der Waals surface area (Å²) in [5, 5.41) is 3.44. The van der Waals surface area contributed by atoms with E-state index in [4.69, 9.17) is 0 Å². The summed E-state index contributed by atoms with van der Waals surface area (Å²) in [5.74, 6) is 1.72. The number of rotatable bonds is 3. The monoisotopic (exact) mass is 269 g/mol. The molecule has 1 aromatic rings. The fourth-order valence-electron chi connectivity index (χ4n) is 2.22. The number of halogens is 1. The lowest BCUT2D eigenvalue weighted by Gasteiger charge is -2.20. The molecule has 15 heavy (non-hydrogen) atoms. The molecule has 0 saturated heterocycles. The zero-order valence-corrected chi connectivity index (χ0v) is 10.5. The molecule has 1 atom stereocenters. The SMILES string of the molecule is CC(Nc1cc(Br)ncn1)C1CCCC1. The quantitative estimate of drug-likeness (QED) is 0.857. The fourth-order valence-corrected chi connectivity index (χ4v) is 2.53. The highest BCUT2D eigenvalue weighted by Crippen LogP contribution is 2.28. The third-order valence-electron chi connectivity index (χ3n) is 3.12. The molecule has 1 aromatic heterocycles. The molecule has 1 saturated carbocycles. The Morgan fingerprint density at radius 1 is 1.40 bits per heavy atom. The normalized spacial score (nSPS) is 19.1. The molecule has 1 N–H and O–H groups in total. The van der Waals surface area contributed by atoms with E-state index in [1.54, 1.807) is 6.33 Å². The van der Waals surface area contributed by atoms with Gasteiger partial charge in [-0.1, -0.05) is 12.8 Å². The van der Waals surface area contributed by atoms with Crippen LogP contribution in [0.15, 0.2) is 17.0 Å². The van der Waals surface area contributed by atoms with E-state index in [-0.39, 0.29) is 0 Å². The zero-order chi connectivity index (χ0) is 10.7. The predicted octanol–water partition coefficient (Wildman–Crippen LogP) is 3.23. The van der Waals surface area contributed by atoms with Gasteiger partial charge in [0.2, 0.25) is 0 Å². The maximum absolute atomic E-state index is 4.20. The van der Waals surface area contributed by atoms with Gasteiger partial charge in [0, 0.05) is 12.1 Å². The Labute approximate surface area is 98.8 Å². The third-order valence-corrected chi connectivity index (χ3v) is 3.55. The Morgan fingerprint density at radius 3 is 2.80 bits per heavy atom. The number of nitrogens with zero attached hydrogens (tertiary/aromatic N) is 2. The molecule has 4 heteroatoms. The highest BCUT2D eigenvalue weighted by molar-refractivity contribution is 9.10.